The highest BCUT2D eigenvalue weighted by atomic mass is 31.1. The zero-order valence-corrected chi connectivity index (χ0v) is 7.89. The Balaban J connectivity index is 2.95. The normalized spacial score (nSPS) is 11.6. The second-order valence-electron chi connectivity index (χ2n) is 2.10. The fraction of sp³-hybridized carbons (Fsp3) is 1.00. The molecule has 1 N–H and O–H groups in total. The molecule has 0 saturated carbocycles. The molecule has 1 unspecified atom stereocenters. The zero-order chi connectivity index (χ0) is 8.53. The summed E-state index contributed by atoms with van der Waals surface area (Å²) in [6.45, 7) is 2.84. The van der Waals surface area contributed by atoms with E-state index in [1.807, 2.05) is 0 Å². The van der Waals surface area contributed by atoms with Gasteiger partial charge in [-0.25, -0.2) is 0 Å². The van der Waals surface area contributed by atoms with Gasteiger partial charge in [-0.1, -0.05) is 19.8 Å². The van der Waals surface area contributed by atoms with Gasteiger partial charge in [0.25, 0.3) is 0 Å². The van der Waals surface area contributed by atoms with E-state index in [0.29, 0.717) is 0 Å². The van der Waals surface area contributed by atoms with E-state index >= 15 is 0 Å². The molecule has 0 aliphatic carbocycles. The molecule has 0 aromatic rings. The molecule has 11 heavy (non-hydrogen) atoms. The molecule has 0 aromatic carbocycles. The van der Waals surface area contributed by atoms with Crippen LogP contribution in [0.3, 0.4) is 0 Å². The van der Waals surface area contributed by atoms with Crippen LogP contribution in [0.25, 0.3) is 0 Å². The molecule has 0 bridgehead atoms. The summed E-state index contributed by atoms with van der Waals surface area (Å²) < 4.78 is 19.4. The first-order valence-corrected chi connectivity index (χ1v) is 4.82. The van der Waals surface area contributed by atoms with Crippen LogP contribution in [0.5, 0.6) is 0 Å². The Morgan fingerprint density at radius 3 is 2.73 bits per heavy atom. The first-order chi connectivity index (χ1) is 5.31. The third kappa shape index (κ3) is 7.88. The Morgan fingerprint density at radius 1 is 1.45 bits per heavy atom. The Hall–Kier alpha value is -0.0200. The van der Waals surface area contributed by atoms with Gasteiger partial charge < -0.3 is 0 Å². The molecule has 0 amide bonds. The fourth-order valence-electron chi connectivity index (χ4n) is 0.583. The van der Waals surface area contributed by atoms with Crippen LogP contribution in [-0.2, 0) is 13.7 Å². The van der Waals surface area contributed by atoms with Crippen LogP contribution in [-0.4, -0.2) is 13.7 Å². The molecule has 0 radical (unpaired) electrons. The monoisotopic (exact) mass is 180 g/mol. The standard InChI is InChI=1S/C6H15NO3P/c1-3-4-5-6-7-10-11(8)9-2/h7H,3-6H2,1-2H3/q+1. The summed E-state index contributed by atoms with van der Waals surface area (Å²) in [6.07, 6.45) is 3.35. The molecule has 0 aliphatic heterocycles. The summed E-state index contributed by atoms with van der Waals surface area (Å²) in [5, 5.41) is 0. The minimum absolute atomic E-state index is 0.721. The summed E-state index contributed by atoms with van der Waals surface area (Å²) in [5.41, 5.74) is 2.56. The van der Waals surface area contributed by atoms with Gasteiger partial charge in [-0.2, -0.15) is 0 Å². The third-order valence-electron chi connectivity index (χ3n) is 1.17. The van der Waals surface area contributed by atoms with E-state index in [2.05, 4.69) is 21.6 Å². The first-order valence-electron chi connectivity index (χ1n) is 3.72. The van der Waals surface area contributed by atoms with Gasteiger partial charge in [-0.15, -0.1) is 10.0 Å². The summed E-state index contributed by atoms with van der Waals surface area (Å²) in [6, 6.07) is 0. The number of hydrogen-bond donors (Lipinski definition) is 1. The van der Waals surface area contributed by atoms with Crippen LogP contribution in [0.4, 0.5) is 0 Å². The number of hydroxylamine groups is 1. The SMILES string of the molecule is CCCCCNO[P+](=O)OC. The molecule has 0 aromatic heterocycles. The van der Waals surface area contributed by atoms with E-state index in [0.717, 1.165) is 25.8 Å². The van der Waals surface area contributed by atoms with Crippen molar-refractivity contribution in [2.24, 2.45) is 0 Å². The molecule has 0 heterocycles. The van der Waals surface area contributed by atoms with Gasteiger partial charge in [-0.3, -0.25) is 0 Å². The lowest BCUT2D eigenvalue weighted by molar-refractivity contribution is 0.168. The van der Waals surface area contributed by atoms with Gasteiger partial charge in [0.2, 0.25) is 0 Å². The molecule has 5 heteroatoms. The van der Waals surface area contributed by atoms with Crippen LogP contribution >= 0.6 is 8.25 Å². The molecule has 0 spiro atoms. The van der Waals surface area contributed by atoms with Crippen molar-refractivity contribution in [2.75, 3.05) is 13.7 Å². The molecular formula is C6H15NO3P+. The molecule has 0 aliphatic rings. The highest BCUT2D eigenvalue weighted by Gasteiger charge is 2.15. The summed E-state index contributed by atoms with van der Waals surface area (Å²) >= 11 is 0. The molecule has 66 valence electrons. The lowest BCUT2D eigenvalue weighted by Gasteiger charge is -1.93. The first kappa shape index (κ1) is 11.0. The number of unbranched alkanes of at least 4 members (excludes halogenated alkanes) is 2. The van der Waals surface area contributed by atoms with Crippen molar-refractivity contribution >= 4 is 8.25 Å². The minimum Gasteiger partial charge on any atom is -0.149 e. The van der Waals surface area contributed by atoms with E-state index in [4.69, 9.17) is 0 Å². The van der Waals surface area contributed by atoms with E-state index in [9.17, 15) is 4.57 Å². The Kier molecular flexibility index (Phi) is 8.07. The average molecular weight is 180 g/mol. The molecule has 0 fully saturated rings. The highest BCUT2D eigenvalue weighted by molar-refractivity contribution is 7.33. The Labute approximate surface area is 68.2 Å². The molecule has 4 nitrogen and oxygen atoms in total. The average Bonchev–Trinajstić information content (AvgIpc) is 2.04. The van der Waals surface area contributed by atoms with Gasteiger partial charge in [0.1, 0.15) is 0 Å². The summed E-state index contributed by atoms with van der Waals surface area (Å²) in [4.78, 5) is 0. The fourth-order valence-corrected chi connectivity index (χ4v) is 0.854. The lowest BCUT2D eigenvalue weighted by Crippen LogP contribution is -2.11. The van der Waals surface area contributed by atoms with Gasteiger partial charge in [0.05, 0.1) is 7.11 Å². The van der Waals surface area contributed by atoms with E-state index < -0.39 is 8.25 Å². The summed E-state index contributed by atoms with van der Waals surface area (Å²) in [5.74, 6) is 0. The topological polar surface area (TPSA) is 47.6 Å². The number of hydrogen-bond acceptors (Lipinski definition) is 4. The van der Waals surface area contributed by atoms with Gasteiger partial charge in [0, 0.05) is 11.1 Å². The Morgan fingerprint density at radius 2 is 2.18 bits per heavy atom. The largest absolute Gasteiger partial charge is 0.716 e. The summed E-state index contributed by atoms with van der Waals surface area (Å²) in [7, 11) is -0.621. The lowest BCUT2D eigenvalue weighted by atomic mass is 10.3. The smallest absolute Gasteiger partial charge is 0.149 e. The predicted octanol–water partition coefficient (Wildman–Crippen LogP) is 2.00. The van der Waals surface area contributed by atoms with Crippen molar-refractivity contribution in [2.45, 2.75) is 26.2 Å². The van der Waals surface area contributed by atoms with E-state index in [1.54, 1.807) is 0 Å². The molecule has 0 rings (SSSR count). The second kappa shape index (κ2) is 8.08. The van der Waals surface area contributed by atoms with Crippen LogP contribution < -0.4 is 5.48 Å². The van der Waals surface area contributed by atoms with Crippen LogP contribution in [0.1, 0.15) is 26.2 Å². The van der Waals surface area contributed by atoms with Crippen LogP contribution in [0.15, 0.2) is 0 Å². The number of rotatable bonds is 7. The molecule has 1 atom stereocenters. The van der Waals surface area contributed by atoms with Crippen molar-refractivity contribution in [3.8, 4) is 0 Å². The maximum Gasteiger partial charge on any atom is 0.716 e. The van der Waals surface area contributed by atoms with Gasteiger partial charge in [-0.05, 0) is 11.0 Å². The van der Waals surface area contributed by atoms with Crippen molar-refractivity contribution < 1.29 is 13.7 Å². The number of nitrogens with one attached hydrogen (secondary N) is 1. The van der Waals surface area contributed by atoms with Crippen LogP contribution in [0.2, 0.25) is 0 Å². The van der Waals surface area contributed by atoms with Crippen molar-refractivity contribution in [3.05, 3.63) is 0 Å². The molecule has 0 saturated heterocycles. The van der Waals surface area contributed by atoms with Crippen LogP contribution in [0, 0.1) is 0 Å². The van der Waals surface area contributed by atoms with E-state index in [-0.39, 0.29) is 0 Å². The van der Waals surface area contributed by atoms with Gasteiger partial charge in [0.15, 0.2) is 0 Å². The maximum atomic E-state index is 10.5. The van der Waals surface area contributed by atoms with Crippen molar-refractivity contribution in [1.29, 1.82) is 0 Å². The third-order valence-corrected chi connectivity index (χ3v) is 1.75. The van der Waals surface area contributed by atoms with Crippen molar-refractivity contribution in [3.63, 3.8) is 0 Å². The zero-order valence-electron chi connectivity index (χ0n) is 7.00. The predicted molar refractivity (Wildman–Crippen MR) is 43.2 cm³/mol. The maximum absolute atomic E-state index is 10.5. The van der Waals surface area contributed by atoms with Crippen molar-refractivity contribution in [1.82, 2.24) is 5.48 Å². The second-order valence-corrected chi connectivity index (χ2v) is 3.09. The van der Waals surface area contributed by atoms with E-state index in [1.165, 1.54) is 7.11 Å². The molecular weight excluding hydrogens is 165 g/mol. The van der Waals surface area contributed by atoms with Gasteiger partial charge >= 0.3 is 8.25 Å². The quantitative estimate of drug-likeness (QED) is 0.370. The highest BCUT2D eigenvalue weighted by Crippen LogP contribution is 2.18. The Bertz CT molecular complexity index is 110. The minimum atomic E-state index is -1.96.